The lowest BCUT2D eigenvalue weighted by molar-refractivity contribution is -0.138. The summed E-state index contributed by atoms with van der Waals surface area (Å²) in [4.78, 5) is 15.8. The molecule has 1 fully saturated rings. The number of nitrogens with two attached hydrogens (primary N) is 1. The predicted molar refractivity (Wildman–Crippen MR) is 93.2 cm³/mol. The molecule has 4 atom stereocenters. The Labute approximate surface area is 147 Å². The molecule has 8 heteroatoms. The van der Waals surface area contributed by atoms with Gasteiger partial charge in [0.05, 0.1) is 17.8 Å². The van der Waals surface area contributed by atoms with Crippen molar-refractivity contribution in [1.82, 2.24) is 9.55 Å². The smallest absolute Gasteiger partial charge is 0.351 e. The number of aliphatic hydroxyl groups excluding tert-OH is 1. The second kappa shape index (κ2) is 7.03. The number of rotatable bonds is 4. The standard InChI is InChI=1S/C17H29N3O5/c1-16(2,3)23-9-10-13(25-17(4,5)6)12(21)14(24-10)20-8-7-11(18)19-15(20)22/h7-8,10,12-14,21H,9H2,1-6H3,(H2,18,19,22)/t10-,12+,13?,14-/m1/s1. The zero-order valence-corrected chi connectivity index (χ0v) is 15.7. The van der Waals surface area contributed by atoms with E-state index in [2.05, 4.69) is 4.98 Å². The van der Waals surface area contributed by atoms with E-state index < -0.39 is 35.8 Å². The number of ether oxygens (including phenoxy) is 3. The minimum absolute atomic E-state index is 0.115. The lowest BCUT2D eigenvalue weighted by Gasteiger charge is -2.30. The first-order valence-corrected chi connectivity index (χ1v) is 8.37. The number of aliphatic hydroxyl groups is 1. The quantitative estimate of drug-likeness (QED) is 0.832. The van der Waals surface area contributed by atoms with Crippen LogP contribution in [0.1, 0.15) is 47.8 Å². The van der Waals surface area contributed by atoms with Gasteiger partial charge in [-0.2, -0.15) is 4.98 Å². The monoisotopic (exact) mass is 355 g/mol. The van der Waals surface area contributed by atoms with Gasteiger partial charge < -0.3 is 25.1 Å². The van der Waals surface area contributed by atoms with Crippen LogP contribution in [0.4, 0.5) is 5.82 Å². The van der Waals surface area contributed by atoms with Gasteiger partial charge >= 0.3 is 5.69 Å². The molecule has 8 nitrogen and oxygen atoms in total. The Bertz CT molecular complexity index is 647. The van der Waals surface area contributed by atoms with Gasteiger partial charge in [0.25, 0.3) is 0 Å². The lowest BCUT2D eigenvalue weighted by atomic mass is 10.1. The molecule has 1 aromatic rings. The number of aromatic nitrogens is 2. The molecule has 1 aliphatic heterocycles. The van der Waals surface area contributed by atoms with Gasteiger partial charge in [0, 0.05) is 6.20 Å². The van der Waals surface area contributed by atoms with Crippen molar-refractivity contribution in [3.05, 3.63) is 22.7 Å². The van der Waals surface area contributed by atoms with Gasteiger partial charge in [-0.1, -0.05) is 0 Å². The first kappa shape index (κ1) is 19.8. The second-order valence-corrected chi connectivity index (χ2v) is 8.22. The van der Waals surface area contributed by atoms with E-state index in [0.717, 1.165) is 0 Å². The molecular weight excluding hydrogens is 326 g/mol. The van der Waals surface area contributed by atoms with Crippen molar-refractivity contribution in [3.63, 3.8) is 0 Å². The van der Waals surface area contributed by atoms with Crippen LogP contribution in [0, 0.1) is 0 Å². The summed E-state index contributed by atoms with van der Waals surface area (Å²) in [7, 11) is 0. The third-order valence-corrected chi connectivity index (χ3v) is 3.61. The molecule has 0 radical (unpaired) electrons. The summed E-state index contributed by atoms with van der Waals surface area (Å²) in [5.41, 5.74) is 4.08. The van der Waals surface area contributed by atoms with E-state index in [4.69, 9.17) is 19.9 Å². The van der Waals surface area contributed by atoms with Crippen molar-refractivity contribution in [1.29, 1.82) is 0 Å². The largest absolute Gasteiger partial charge is 0.386 e. The Morgan fingerprint density at radius 3 is 2.44 bits per heavy atom. The molecule has 1 unspecified atom stereocenters. The summed E-state index contributed by atoms with van der Waals surface area (Å²) in [6.45, 7) is 11.7. The maximum Gasteiger partial charge on any atom is 0.351 e. The summed E-state index contributed by atoms with van der Waals surface area (Å²) < 4.78 is 18.9. The highest BCUT2D eigenvalue weighted by Gasteiger charge is 2.47. The zero-order valence-electron chi connectivity index (χ0n) is 15.7. The van der Waals surface area contributed by atoms with Crippen LogP contribution >= 0.6 is 0 Å². The van der Waals surface area contributed by atoms with Gasteiger partial charge in [-0.25, -0.2) is 4.79 Å². The maximum atomic E-state index is 12.1. The summed E-state index contributed by atoms with van der Waals surface area (Å²) in [5, 5.41) is 10.7. The molecule has 2 heterocycles. The zero-order chi connectivity index (χ0) is 19.0. The maximum absolute atomic E-state index is 12.1. The molecule has 1 saturated heterocycles. The molecule has 0 saturated carbocycles. The van der Waals surface area contributed by atoms with Crippen LogP contribution in [0.25, 0.3) is 0 Å². The number of nitrogen functional groups attached to an aromatic ring is 1. The van der Waals surface area contributed by atoms with E-state index in [0.29, 0.717) is 0 Å². The second-order valence-electron chi connectivity index (χ2n) is 8.22. The lowest BCUT2D eigenvalue weighted by Crippen LogP contribution is -2.43. The van der Waals surface area contributed by atoms with Crippen LogP contribution in [0.2, 0.25) is 0 Å². The Hall–Kier alpha value is -1.48. The molecule has 0 aromatic carbocycles. The van der Waals surface area contributed by atoms with E-state index >= 15 is 0 Å². The molecule has 1 aromatic heterocycles. The average Bonchev–Trinajstić information content (AvgIpc) is 2.72. The minimum atomic E-state index is -1.05. The molecule has 1 aliphatic rings. The number of anilines is 1. The fourth-order valence-corrected chi connectivity index (χ4v) is 2.59. The van der Waals surface area contributed by atoms with Crippen LogP contribution in [-0.4, -0.2) is 50.8 Å². The fraction of sp³-hybridized carbons (Fsp3) is 0.765. The number of hydrogen-bond acceptors (Lipinski definition) is 7. The van der Waals surface area contributed by atoms with E-state index in [-0.39, 0.29) is 18.0 Å². The molecule has 0 bridgehead atoms. The van der Waals surface area contributed by atoms with E-state index in [1.165, 1.54) is 16.8 Å². The van der Waals surface area contributed by atoms with Crippen LogP contribution in [0.15, 0.2) is 17.1 Å². The van der Waals surface area contributed by atoms with Crippen molar-refractivity contribution < 1.29 is 19.3 Å². The Morgan fingerprint density at radius 1 is 1.28 bits per heavy atom. The summed E-state index contributed by atoms with van der Waals surface area (Å²) >= 11 is 0. The van der Waals surface area contributed by atoms with Gasteiger partial charge in [-0.3, -0.25) is 4.57 Å². The van der Waals surface area contributed by atoms with Crippen molar-refractivity contribution in [2.75, 3.05) is 12.3 Å². The normalized spacial score (nSPS) is 27.6. The van der Waals surface area contributed by atoms with Crippen molar-refractivity contribution in [3.8, 4) is 0 Å². The third kappa shape index (κ3) is 5.24. The van der Waals surface area contributed by atoms with Crippen LogP contribution in [0.3, 0.4) is 0 Å². The van der Waals surface area contributed by atoms with E-state index in [1.807, 2.05) is 41.5 Å². The molecule has 25 heavy (non-hydrogen) atoms. The summed E-state index contributed by atoms with van der Waals surface area (Å²) in [6.07, 6.45) is -1.67. The fourth-order valence-electron chi connectivity index (χ4n) is 2.59. The van der Waals surface area contributed by atoms with E-state index in [9.17, 15) is 9.90 Å². The predicted octanol–water partition coefficient (Wildman–Crippen LogP) is 1.08. The Morgan fingerprint density at radius 2 is 1.92 bits per heavy atom. The molecule has 0 spiro atoms. The van der Waals surface area contributed by atoms with Gasteiger partial charge in [0.1, 0.15) is 24.1 Å². The van der Waals surface area contributed by atoms with Crippen molar-refractivity contribution >= 4 is 5.82 Å². The van der Waals surface area contributed by atoms with Crippen LogP contribution in [-0.2, 0) is 14.2 Å². The number of nitrogens with zero attached hydrogens (tertiary/aromatic N) is 2. The van der Waals surface area contributed by atoms with Crippen molar-refractivity contribution in [2.24, 2.45) is 0 Å². The molecule has 3 N–H and O–H groups in total. The first-order chi connectivity index (χ1) is 11.4. The van der Waals surface area contributed by atoms with Crippen LogP contribution < -0.4 is 11.4 Å². The van der Waals surface area contributed by atoms with Gasteiger partial charge in [-0.15, -0.1) is 0 Å². The molecule has 0 amide bonds. The topological polar surface area (TPSA) is 109 Å². The summed E-state index contributed by atoms with van der Waals surface area (Å²) in [6, 6.07) is 1.48. The van der Waals surface area contributed by atoms with Crippen molar-refractivity contribution in [2.45, 2.75) is 77.3 Å². The van der Waals surface area contributed by atoms with Gasteiger partial charge in [-0.05, 0) is 47.6 Å². The Kier molecular flexibility index (Phi) is 5.58. The molecular formula is C17H29N3O5. The average molecular weight is 355 g/mol. The van der Waals surface area contributed by atoms with Gasteiger partial charge in [0.15, 0.2) is 6.23 Å². The van der Waals surface area contributed by atoms with Gasteiger partial charge in [0.2, 0.25) is 0 Å². The summed E-state index contributed by atoms with van der Waals surface area (Å²) in [5.74, 6) is 0.115. The highest BCUT2D eigenvalue weighted by Crippen LogP contribution is 2.33. The molecule has 142 valence electrons. The SMILES string of the molecule is CC(C)(C)OC[C@H]1O[C@@H](n2ccc(N)nc2=O)[C@@H](O)C1OC(C)(C)C. The molecule has 2 rings (SSSR count). The molecule has 0 aliphatic carbocycles. The highest BCUT2D eigenvalue weighted by atomic mass is 16.6. The third-order valence-electron chi connectivity index (χ3n) is 3.61. The van der Waals surface area contributed by atoms with Crippen LogP contribution in [0.5, 0.6) is 0 Å². The minimum Gasteiger partial charge on any atom is -0.386 e. The Balaban J connectivity index is 2.27. The number of hydrogen-bond donors (Lipinski definition) is 2. The van der Waals surface area contributed by atoms with E-state index in [1.54, 1.807) is 0 Å². The first-order valence-electron chi connectivity index (χ1n) is 8.37. The highest BCUT2D eigenvalue weighted by molar-refractivity contribution is 5.23.